The van der Waals surface area contributed by atoms with E-state index < -0.39 is 0 Å². The molecule has 5 heteroatoms. The van der Waals surface area contributed by atoms with Crippen molar-refractivity contribution in [3.05, 3.63) is 70.6 Å². The minimum absolute atomic E-state index is 0.101. The summed E-state index contributed by atoms with van der Waals surface area (Å²) in [4.78, 5) is 17.1. The number of anilines is 1. The van der Waals surface area contributed by atoms with E-state index in [1.54, 1.807) is 12.1 Å². The van der Waals surface area contributed by atoms with Crippen LogP contribution in [0.2, 0.25) is 0 Å². The fourth-order valence-corrected chi connectivity index (χ4v) is 5.80. The first-order chi connectivity index (χ1) is 14.5. The third-order valence-corrected chi connectivity index (χ3v) is 7.78. The molecule has 2 fully saturated rings. The summed E-state index contributed by atoms with van der Waals surface area (Å²) in [5, 5.41) is 4.01. The Hall–Kier alpha value is -2.27. The number of nitrogens with one attached hydrogen (secondary N) is 1. The number of para-hydroxylation sites is 1. The van der Waals surface area contributed by atoms with Crippen LogP contribution in [-0.2, 0) is 4.79 Å². The van der Waals surface area contributed by atoms with Crippen molar-refractivity contribution in [1.29, 1.82) is 0 Å². The summed E-state index contributed by atoms with van der Waals surface area (Å²) in [5.74, 6) is 0.466. The largest absolute Gasteiger partial charge is 0.325 e. The summed E-state index contributed by atoms with van der Waals surface area (Å²) >= 11 is 3.49. The van der Waals surface area contributed by atoms with Gasteiger partial charge in [0.15, 0.2) is 0 Å². The summed E-state index contributed by atoms with van der Waals surface area (Å²) in [6.07, 6.45) is 8.24. The van der Waals surface area contributed by atoms with Crippen molar-refractivity contribution >= 4 is 38.4 Å². The van der Waals surface area contributed by atoms with E-state index >= 15 is 0 Å². The molecule has 0 radical (unpaired) electrons. The SMILES string of the molecule is O=C(Nc1ccccc1Br)C1CC2(CCC(c3ccnc4ccc(F)cc34)CC2)C1. The number of fused-ring (bicyclic) bond motifs is 1. The van der Waals surface area contributed by atoms with Gasteiger partial charge < -0.3 is 5.32 Å². The second-order valence-electron chi connectivity index (χ2n) is 8.91. The lowest BCUT2D eigenvalue weighted by atomic mass is 9.54. The fraction of sp³-hybridized carbons (Fsp3) is 0.360. The van der Waals surface area contributed by atoms with Gasteiger partial charge >= 0.3 is 0 Å². The van der Waals surface area contributed by atoms with Gasteiger partial charge in [-0.2, -0.15) is 0 Å². The molecule has 1 amide bonds. The lowest BCUT2D eigenvalue weighted by Crippen LogP contribution is -2.45. The van der Waals surface area contributed by atoms with E-state index in [0.29, 0.717) is 11.3 Å². The molecule has 5 rings (SSSR count). The van der Waals surface area contributed by atoms with Crippen LogP contribution in [0, 0.1) is 17.2 Å². The molecule has 30 heavy (non-hydrogen) atoms. The van der Waals surface area contributed by atoms with E-state index in [1.165, 1.54) is 11.6 Å². The molecule has 154 valence electrons. The van der Waals surface area contributed by atoms with Crippen molar-refractivity contribution in [2.45, 2.75) is 44.4 Å². The lowest BCUT2D eigenvalue weighted by molar-refractivity contribution is -0.128. The molecule has 0 unspecified atom stereocenters. The van der Waals surface area contributed by atoms with E-state index in [9.17, 15) is 9.18 Å². The fourth-order valence-electron chi connectivity index (χ4n) is 5.41. The molecule has 2 aliphatic rings. The van der Waals surface area contributed by atoms with Crippen LogP contribution in [0.25, 0.3) is 10.9 Å². The van der Waals surface area contributed by atoms with E-state index in [-0.39, 0.29) is 17.6 Å². The van der Waals surface area contributed by atoms with Crippen molar-refractivity contribution in [3.8, 4) is 0 Å². The molecule has 2 aliphatic carbocycles. The van der Waals surface area contributed by atoms with Crippen molar-refractivity contribution in [1.82, 2.24) is 4.98 Å². The molecule has 0 aliphatic heterocycles. The summed E-state index contributed by atoms with van der Waals surface area (Å²) in [6, 6.07) is 14.6. The average molecular weight is 467 g/mol. The highest BCUT2D eigenvalue weighted by molar-refractivity contribution is 9.10. The molecule has 2 saturated carbocycles. The Morgan fingerprint density at radius 2 is 1.87 bits per heavy atom. The van der Waals surface area contributed by atoms with E-state index in [4.69, 9.17) is 0 Å². The Balaban J connectivity index is 1.22. The molecule has 1 aromatic heterocycles. The van der Waals surface area contributed by atoms with Gasteiger partial charge in [-0.3, -0.25) is 9.78 Å². The summed E-state index contributed by atoms with van der Waals surface area (Å²) in [6.45, 7) is 0. The van der Waals surface area contributed by atoms with Gasteiger partial charge in [0, 0.05) is 22.0 Å². The molecule has 1 N–H and O–H groups in total. The van der Waals surface area contributed by atoms with Crippen molar-refractivity contribution in [2.75, 3.05) is 5.32 Å². The zero-order valence-electron chi connectivity index (χ0n) is 16.7. The van der Waals surface area contributed by atoms with Gasteiger partial charge in [0.1, 0.15) is 5.82 Å². The maximum atomic E-state index is 13.8. The monoisotopic (exact) mass is 466 g/mol. The number of hydrogen-bond acceptors (Lipinski definition) is 2. The molecule has 3 nitrogen and oxygen atoms in total. The van der Waals surface area contributed by atoms with Crippen LogP contribution in [0.3, 0.4) is 0 Å². The Labute approximate surface area is 184 Å². The molecule has 3 aromatic rings. The topological polar surface area (TPSA) is 42.0 Å². The van der Waals surface area contributed by atoms with Gasteiger partial charge in [0.2, 0.25) is 5.91 Å². The summed E-state index contributed by atoms with van der Waals surface area (Å²) in [7, 11) is 0. The van der Waals surface area contributed by atoms with Crippen LogP contribution in [0.15, 0.2) is 59.2 Å². The van der Waals surface area contributed by atoms with E-state index in [2.05, 4.69) is 32.3 Å². The van der Waals surface area contributed by atoms with Gasteiger partial charge in [-0.25, -0.2) is 4.39 Å². The second kappa shape index (κ2) is 7.77. The number of aromatic nitrogens is 1. The Bertz CT molecular complexity index is 1100. The van der Waals surface area contributed by atoms with Gasteiger partial charge in [-0.05, 0) is 108 Å². The van der Waals surface area contributed by atoms with E-state index in [1.807, 2.05) is 30.5 Å². The number of pyridine rings is 1. The third-order valence-electron chi connectivity index (χ3n) is 7.08. The summed E-state index contributed by atoms with van der Waals surface area (Å²) in [5.41, 5.74) is 3.23. The number of carbonyl (C=O) groups excluding carboxylic acids is 1. The molecule has 0 atom stereocenters. The zero-order chi connectivity index (χ0) is 20.7. The van der Waals surface area contributed by atoms with Crippen LogP contribution < -0.4 is 5.32 Å². The first-order valence-corrected chi connectivity index (χ1v) is 11.4. The van der Waals surface area contributed by atoms with Crippen LogP contribution in [-0.4, -0.2) is 10.9 Å². The predicted octanol–water partition coefficient (Wildman–Crippen LogP) is 6.83. The predicted molar refractivity (Wildman–Crippen MR) is 121 cm³/mol. The van der Waals surface area contributed by atoms with Gasteiger partial charge in [0.25, 0.3) is 0 Å². The quantitative estimate of drug-likeness (QED) is 0.459. The number of hydrogen-bond donors (Lipinski definition) is 1. The normalized spacial score (nSPS) is 25.8. The number of rotatable bonds is 3. The Morgan fingerprint density at radius 3 is 2.63 bits per heavy atom. The molecular formula is C25H24BrFN2O. The highest BCUT2D eigenvalue weighted by atomic mass is 79.9. The van der Waals surface area contributed by atoms with Gasteiger partial charge in [-0.1, -0.05) is 12.1 Å². The number of benzene rings is 2. The van der Waals surface area contributed by atoms with Crippen molar-refractivity contribution in [2.24, 2.45) is 11.3 Å². The number of carbonyl (C=O) groups is 1. The van der Waals surface area contributed by atoms with Gasteiger partial charge in [-0.15, -0.1) is 0 Å². The number of halogens is 2. The van der Waals surface area contributed by atoms with Crippen LogP contribution in [0.5, 0.6) is 0 Å². The maximum absolute atomic E-state index is 13.8. The number of nitrogens with zero attached hydrogens (tertiary/aromatic N) is 1. The van der Waals surface area contributed by atoms with E-state index in [0.717, 1.165) is 59.6 Å². The van der Waals surface area contributed by atoms with Crippen LogP contribution >= 0.6 is 15.9 Å². The molecule has 1 spiro atoms. The highest BCUT2D eigenvalue weighted by Gasteiger charge is 2.48. The average Bonchev–Trinajstić information content (AvgIpc) is 2.73. The maximum Gasteiger partial charge on any atom is 0.227 e. The molecule has 1 heterocycles. The van der Waals surface area contributed by atoms with Gasteiger partial charge in [0.05, 0.1) is 11.2 Å². The molecule has 2 aromatic carbocycles. The Morgan fingerprint density at radius 1 is 1.10 bits per heavy atom. The Kier molecular flexibility index (Phi) is 5.10. The van der Waals surface area contributed by atoms with Crippen molar-refractivity contribution < 1.29 is 9.18 Å². The van der Waals surface area contributed by atoms with Crippen LogP contribution in [0.4, 0.5) is 10.1 Å². The second-order valence-corrected chi connectivity index (χ2v) is 9.76. The van der Waals surface area contributed by atoms with Crippen LogP contribution in [0.1, 0.15) is 50.0 Å². The molecular weight excluding hydrogens is 443 g/mol. The minimum Gasteiger partial charge on any atom is -0.325 e. The zero-order valence-corrected chi connectivity index (χ0v) is 18.3. The first kappa shape index (κ1) is 19.7. The standard InChI is InChI=1S/C25H24BrFN2O/c26-21-3-1-2-4-23(21)29-24(30)17-14-25(15-17)10-7-16(8-11-25)19-9-12-28-22-6-5-18(27)13-20(19)22/h1-6,9,12-13,16-17H,7-8,10-11,14-15H2,(H,29,30). The lowest BCUT2D eigenvalue weighted by Gasteiger charge is -2.51. The highest BCUT2D eigenvalue weighted by Crippen LogP contribution is 2.57. The molecule has 0 bridgehead atoms. The minimum atomic E-state index is -0.207. The first-order valence-electron chi connectivity index (χ1n) is 10.6. The number of amides is 1. The molecule has 0 saturated heterocycles. The van der Waals surface area contributed by atoms with Crippen molar-refractivity contribution in [3.63, 3.8) is 0 Å². The summed E-state index contributed by atoms with van der Waals surface area (Å²) < 4.78 is 14.7. The smallest absolute Gasteiger partial charge is 0.227 e. The third kappa shape index (κ3) is 3.64.